The Labute approximate surface area is 134 Å². The average Bonchev–Trinajstić information content (AvgIpc) is 2.60. The lowest BCUT2D eigenvalue weighted by Gasteiger charge is -2.08. The Bertz CT molecular complexity index is 829. The molecule has 6 nitrogen and oxygen atoms in total. The van der Waals surface area contributed by atoms with E-state index in [1.807, 2.05) is 30.3 Å². The minimum absolute atomic E-state index is 0.287. The largest absolute Gasteiger partial charge is 0.354 e. The van der Waals surface area contributed by atoms with Crippen molar-refractivity contribution in [3.63, 3.8) is 0 Å². The highest BCUT2D eigenvalue weighted by molar-refractivity contribution is 6.07. The van der Waals surface area contributed by atoms with Gasteiger partial charge in [0.15, 0.2) is 0 Å². The van der Waals surface area contributed by atoms with Crippen LogP contribution in [-0.4, -0.2) is 27.4 Å². The highest BCUT2D eigenvalue weighted by Crippen LogP contribution is 2.21. The van der Waals surface area contributed by atoms with Gasteiger partial charge in [-0.05, 0) is 24.6 Å². The van der Waals surface area contributed by atoms with Crippen LogP contribution in [0.3, 0.4) is 0 Å². The van der Waals surface area contributed by atoms with Gasteiger partial charge in [-0.2, -0.15) is 0 Å². The van der Waals surface area contributed by atoms with Crippen molar-refractivity contribution in [3.05, 3.63) is 54.5 Å². The third kappa shape index (κ3) is 3.42. The van der Waals surface area contributed by atoms with E-state index >= 15 is 0 Å². The monoisotopic (exact) mass is 307 g/mol. The maximum atomic E-state index is 12.4. The van der Waals surface area contributed by atoms with E-state index in [4.69, 9.17) is 0 Å². The first-order chi connectivity index (χ1) is 11.3. The summed E-state index contributed by atoms with van der Waals surface area (Å²) in [6.07, 6.45) is 4.23. The summed E-state index contributed by atoms with van der Waals surface area (Å²) < 4.78 is 0. The molecule has 2 heterocycles. The van der Waals surface area contributed by atoms with Crippen LogP contribution in [0.4, 0.5) is 11.6 Å². The summed E-state index contributed by atoms with van der Waals surface area (Å²) >= 11 is 0. The fourth-order valence-corrected chi connectivity index (χ4v) is 2.20. The molecule has 0 radical (unpaired) electrons. The zero-order valence-electron chi connectivity index (χ0n) is 12.8. The second-order valence-corrected chi connectivity index (χ2v) is 5.03. The molecule has 23 heavy (non-hydrogen) atoms. The first-order valence-electron chi connectivity index (χ1n) is 7.50. The molecule has 2 N–H and O–H groups in total. The molecule has 1 amide bonds. The fourth-order valence-electron chi connectivity index (χ4n) is 2.20. The number of para-hydroxylation sites is 1. The van der Waals surface area contributed by atoms with Crippen LogP contribution in [-0.2, 0) is 0 Å². The maximum Gasteiger partial charge on any atom is 0.274 e. The van der Waals surface area contributed by atoms with Gasteiger partial charge in [0.25, 0.3) is 5.91 Å². The van der Waals surface area contributed by atoms with Crippen LogP contribution < -0.4 is 10.6 Å². The molecule has 0 aliphatic heterocycles. The van der Waals surface area contributed by atoms with Crippen molar-refractivity contribution in [3.8, 4) is 0 Å². The Kier molecular flexibility index (Phi) is 4.42. The van der Waals surface area contributed by atoms with E-state index in [1.165, 1.54) is 0 Å². The van der Waals surface area contributed by atoms with E-state index < -0.39 is 0 Å². The number of fused-ring (bicyclic) bond motifs is 1. The van der Waals surface area contributed by atoms with Gasteiger partial charge in [0.2, 0.25) is 5.95 Å². The number of aromatic nitrogens is 3. The molecule has 0 aliphatic carbocycles. The van der Waals surface area contributed by atoms with E-state index in [0.29, 0.717) is 17.3 Å². The van der Waals surface area contributed by atoms with Crippen molar-refractivity contribution in [2.24, 2.45) is 0 Å². The summed E-state index contributed by atoms with van der Waals surface area (Å²) in [5.41, 5.74) is 1.73. The molecule has 0 fully saturated rings. The maximum absolute atomic E-state index is 12.4. The zero-order valence-corrected chi connectivity index (χ0v) is 12.8. The summed E-state index contributed by atoms with van der Waals surface area (Å²) in [5.74, 6) is 0.167. The highest BCUT2D eigenvalue weighted by Gasteiger charge is 2.11. The number of pyridine rings is 1. The molecule has 0 saturated heterocycles. The third-order valence-electron chi connectivity index (χ3n) is 3.30. The predicted octanol–water partition coefficient (Wildman–Crippen LogP) is 3.10. The van der Waals surface area contributed by atoms with Crippen LogP contribution in [0.15, 0.2) is 48.8 Å². The molecule has 3 aromatic rings. The second kappa shape index (κ2) is 6.83. The Hall–Kier alpha value is -3.02. The van der Waals surface area contributed by atoms with E-state index in [0.717, 1.165) is 23.9 Å². The van der Waals surface area contributed by atoms with Crippen LogP contribution in [0.5, 0.6) is 0 Å². The quantitative estimate of drug-likeness (QED) is 0.757. The minimum atomic E-state index is -0.287. The Morgan fingerprint density at radius 3 is 2.83 bits per heavy atom. The molecular formula is C17H17N5O. The summed E-state index contributed by atoms with van der Waals surface area (Å²) in [5, 5.41) is 6.90. The number of benzene rings is 1. The number of hydrogen-bond donors (Lipinski definition) is 2. The van der Waals surface area contributed by atoms with Crippen molar-refractivity contribution in [1.29, 1.82) is 0 Å². The van der Waals surface area contributed by atoms with E-state index in [1.54, 1.807) is 18.5 Å². The molecule has 0 atom stereocenters. The topological polar surface area (TPSA) is 79.8 Å². The van der Waals surface area contributed by atoms with Gasteiger partial charge in [0, 0.05) is 24.3 Å². The standard InChI is InChI=1S/C17H17N5O/c1-2-9-19-17-20-11-8-14(22-17)16(23)21-13-7-3-5-12-6-4-10-18-15(12)13/h3-8,10-11H,2,9H2,1H3,(H,21,23)(H,19,20,22). The number of carbonyl (C=O) groups excluding carboxylic acids is 1. The van der Waals surface area contributed by atoms with Gasteiger partial charge in [-0.15, -0.1) is 0 Å². The van der Waals surface area contributed by atoms with Crippen molar-refractivity contribution in [2.45, 2.75) is 13.3 Å². The lowest BCUT2D eigenvalue weighted by molar-refractivity contribution is 0.102. The molecule has 116 valence electrons. The molecular weight excluding hydrogens is 290 g/mol. The number of rotatable bonds is 5. The molecule has 1 aromatic carbocycles. The van der Waals surface area contributed by atoms with Gasteiger partial charge in [-0.1, -0.05) is 25.1 Å². The number of amides is 1. The van der Waals surface area contributed by atoms with Crippen LogP contribution in [0.2, 0.25) is 0 Å². The Balaban J connectivity index is 1.83. The van der Waals surface area contributed by atoms with Crippen LogP contribution in [0, 0.1) is 0 Å². The SMILES string of the molecule is CCCNc1nccc(C(=O)Nc2cccc3cccnc23)n1. The van der Waals surface area contributed by atoms with Crippen LogP contribution >= 0.6 is 0 Å². The fraction of sp³-hybridized carbons (Fsp3) is 0.176. The second-order valence-electron chi connectivity index (χ2n) is 5.03. The molecule has 2 aromatic heterocycles. The third-order valence-corrected chi connectivity index (χ3v) is 3.30. The molecule has 3 rings (SSSR count). The Morgan fingerprint density at radius 1 is 1.09 bits per heavy atom. The van der Waals surface area contributed by atoms with Crippen LogP contribution in [0.25, 0.3) is 10.9 Å². The van der Waals surface area contributed by atoms with Gasteiger partial charge < -0.3 is 10.6 Å². The van der Waals surface area contributed by atoms with Gasteiger partial charge >= 0.3 is 0 Å². The average molecular weight is 307 g/mol. The smallest absolute Gasteiger partial charge is 0.274 e. The van der Waals surface area contributed by atoms with Crippen molar-refractivity contribution in [1.82, 2.24) is 15.0 Å². The summed E-state index contributed by atoms with van der Waals surface area (Å²) in [6, 6.07) is 11.1. The van der Waals surface area contributed by atoms with Gasteiger partial charge in [-0.3, -0.25) is 9.78 Å². The molecule has 0 saturated carbocycles. The normalized spacial score (nSPS) is 10.5. The minimum Gasteiger partial charge on any atom is -0.354 e. The van der Waals surface area contributed by atoms with E-state index in [-0.39, 0.29) is 5.91 Å². The number of nitrogens with zero attached hydrogens (tertiary/aromatic N) is 3. The predicted molar refractivity (Wildman–Crippen MR) is 90.5 cm³/mol. The number of carbonyl (C=O) groups is 1. The zero-order chi connectivity index (χ0) is 16.1. The van der Waals surface area contributed by atoms with E-state index in [9.17, 15) is 4.79 Å². The molecule has 6 heteroatoms. The first kappa shape index (κ1) is 14.9. The first-order valence-corrected chi connectivity index (χ1v) is 7.50. The van der Waals surface area contributed by atoms with Gasteiger partial charge in [-0.25, -0.2) is 9.97 Å². The molecule has 0 unspecified atom stereocenters. The molecule has 0 bridgehead atoms. The number of anilines is 2. The molecule has 0 aliphatic rings. The molecule has 0 spiro atoms. The van der Waals surface area contributed by atoms with Crippen molar-refractivity contribution < 1.29 is 4.79 Å². The van der Waals surface area contributed by atoms with Crippen molar-refractivity contribution in [2.75, 3.05) is 17.2 Å². The van der Waals surface area contributed by atoms with Gasteiger partial charge in [0.1, 0.15) is 5.69 Å². The lowest BCUT2D eigenvalue weighted by Crippen LogP contribution is -2.16. The summed E-state index contributed by atoms with van der Waals surface area (Å²) in [6.45, 7) is 2.81. The van der Waals surface area contributed by atoms with E-state index in [2.05, 4.69) is 32.5 Å². The summed E-state index contributed by atoms with van der Waals surface area (Å²) in [7, 11) is 0. The summed E-state index contributed by atoms with van der Waals surface area (Å²) in [4.78, 5) is 25.1. The van der Waals surface area contributed by atoms with Crippen LogP contribution in [0.1, 0.15) is 23.8 Å². The van der Waals surface area contributed by atoms with Gasteiger partial charge in [0.05, 0.1) is 11.2 Å². The Morgan fingerprint density at radius 2 is 1.96 bits per heavy atom. The number of nitrogens with one attached hydrogen (secondary N) is 2. The lowest BCUT2D eigenvalue weighted by atomic mass is 10.2. The number of hydrogen-bond acceptors (Lipinski definition) is 5. The highest BCUT2D eigenvalue weighted by atomic mass is 16.1. The van der Waals surface area contributed by atoms with Crippen molar-refractivity contribution >= 4 is 28.4 Å².